The summed E-state index contributed by atoms with van der Waals surface area (Å²) in [5, 5.41) is 0. The predicted molar refractivity (Wildman–Crippen MR) is 157 cm³/mol. The minimum absolute atomic E-state index is 0.232. The number of thiazole rings is 1. The summed E-state index contributed by atoms with van der Waals surface area (Å²) < 4.78 is 18.9. The molecule has 2 aliphatic heterocycles. The molecule has 8 nitrogen and oxygen atoms in total. The van der Waals surface area contributed by atoms with E-state index in [4.69, 9.17) is 19.2 Å². The van der Waals surface area contributed by atoms with Crippen molar-refractivity contribution < 1.29 is 19.0 Å². The first kappa shape index (κ1) is 27.7. The van der Waals surface area contributed by atoms with Crippen molar-refractivity contribution in [3.8, 4) is 11.5 Å². The molecule has 1 aromatic heterocycles. The fraction of sp³-hybridized carbons (Fsp3) is 0.387. The van der Waals surface area contributed by atoms with Crippen LogP contribution in [-0.4, -0.2) is 43.9 Å². The van der Waals surface area contributed by atoms with Gasteiger partial charge in [0, 0.05) is 24.3 Å². The molecule has 9 heteroatoms. The van der Waals surface area contributed by atoms with Crippen molar-refractivity contribution in [3.63, 3.8) is 0 Å². The Morgan fingerprint density at radius 1 is 1.07 bits per heavy atom. The molecule has 3 heterocycles. The second-order valence-electron chi connectivity index (χ2n) is 10.4. The molecule has 210 valence electrons. The summed E-state index contributed by atoms with van der Waals surface area (Å²) in [6.45, 7) is 9.58. The molecule has 5 rings (SSSR count). The van der Waals surface area contributed by atoms with Crippen LogP contribution in [0.1, 0.15) is 56.3 Å². The van der Waals surface area contributed by atoms with Gasteiger partial charge < -0.3 is 19.1 Å². The molecule has 0 saturated carbocycles. The van der Waals surface area contributed by atoms with E-state index in [2.05, 4.69) is 30.0 Å². The molecular weight excluding hydrogens is 526 g/mol. The number of anilines is 1. The molecule has 1 saturated heterocycles. The number of carbonyl (C=O) groups is 1. The Morgan fingerprint density at radius 3 is 2.48 bits per heavy atom. The van der Waals surface area contributed by atoms with E-state index >= 15 is 0 Å². The van der Waals surface area contributed by atoms with Crippen LogP contribution in [0.2, 0.25) is 0 Å². The Kier molecular flexibility index (Phi) is 7.85. The summed E-state index contributed by atoms with van der Waals surface area (Å²) in [5.41, 5.74) is 4.46. The number of hydrogen-bond donors (Lipinski definition) is 0. The molecule has 1 fully saturated rings. The zero-order chi connectivity index (χ0) is 28.6. The van der Waals surface area contributed by atoms with Gasteiger partial charge in [-0.25, -0.2) is 9.79 Å². The van der Waals surface area contributed by atoms with Gasteiger partial charge in [-0.3, -0.25) is 9.36 Å². The number of hydrogen-bond acceptors (Lipinski definition) is 8. The predicted octanol–water partition coefficient (Wildman–Crippen LogP) is 4.11. The molecule has 2 aromatic carbocycles. The van der Waals surface area contributed by atoms with Gasteiger partial charge in [0.1, 0.15) is 17.5 Å². The van der Waals surface area contributed by atoms with E-state index in [0.29, 0.717) is 37.7 Å². The van der Waals surface area contributed by atoms with Gasteiger partial charge in [0.2, 0.25) is 0 Å². The zero-order valence-corrected chi connectivity index (χ0v) is 24.6. The van der Waals surface area contributed by atoms with Gasteiger partial charge in [-0.05, 0) is 88.1 Å². The van der Waals surface area contributed by atoms with E-state index in [-0.39, 0.29) is 11.7 Å². The van der Waals surface area contributed by atoms with Gasteiger partial charge in [-0.15, -0.1) is 0 Å². The Bertz CT molecular complexity index is 1660. The van der Waals surface area contributed by atoms with Crippen molar-refractivity contribution in [1.29, 1.82) is 0 Å². The lowest BCUT2D eigenvalue weighted by atomic mass is 9.94. The number of allylic oxidation sites excluding steroid dienone is 1. The summed E-state index contributed by atoms with van der Waals surface area (Å²) in [7, 11) is 3.13. The van der Waals surface area contributed by atoms with E-state index in [0.717, 1.165) is 24.2 Å². The van der Waals surface area contributed by atoms with Crippen LogP contribution in [-0.2, 0) is 9.53 Å². The van der Waals surface area contributed by atoms with E-state index in [1.165, 1.54) is 29.9 Å². The van der Waals surface area contributed by atoms with Gasteiger partial charge in [-0.2, -0.15) is 0 Å². The first-order chi connectivity index (χ1) is 19.2. The minimum Gasteiger partial charge on any atom is -0.497 e. The number of fused-ring (bicyclic) bond motifs is 1. The normalized spacial score (nSPS) is 17.2. The van der Waals surface area contributed by atoms with Crippen molar-refractivity contribution in [3.05, 3.63) is 84.0 Å². The summed E-state index contributed by atoms with van der Waals surface area (Å²) >= 11 is 1.31. The zero-order valence-electron chi connectivity index (χ0n) is 23.8. The van der Waals surface area contributed by atoms with Crippen LogP contribution in [0, 0.1) is 6.92 Å². The third-order valence-corrected chi connectivity index (χ3v) is 8.31. The van der Waals surface area contributed by atoms with Crippen LogP contribution in [0.5, 0.6) is 11.5 Å². The number of rotatable bonds is 7. The molecule has 2 aliphatic rings. The van der Waals surface area contributed by atoms with Crippen LogP contribution in [0.4, 0.5) is 5.69 Å². The van der Waals surface area contributed by atoms with E-state index in [1.54, 1.807) is 57.8 Å². The number of ether oxygens (including phenoxy) is 3. The lowest BCUT2D eigenvalue weighted by Gasteiger charge is -2.26. The summed E-state index contributed by atoms with van der Waals surface area (Å²) in [4.78, 5) is 35.1. The van der Waals surface area contributed by atoms with Crippen LogP contribution in [0.3, 0.4) is 0 Å². The molecule has 0 amide bonds. The molecule has 3 aromatic rings. The van der Waals surface area contributed by atoms with Crippen LogP contribution < -0.4 is 29.3 Å². The van der Waals surface area contributed by atoms with E-state index < -0.39 is 12.0 Å². The highest BCUT2D eigenvalue weighted by Gasteiger charge is 2.35. The molecule has 0 bridgehead atoms. The van der Waals surface area contributed by atoms with Crippen molar-refractivity contribution in [2.24, 2.45) is 4.99 Å². The summed E-state index contributed by atoms with van der Waals surface area (Å²) in [5.74, 6) is 0.588. The molecule has 40 heavy (non-hydrogen) atoms. The third-order valence-electron chi connectivity index (χ3n) is 7.33. The Labute approximate surface area is 237 Å². The third kappa shape index (κ3) is 5.18. The van der Waals surface area contributed by atoms with Gasteiger partial charge >= 0.3 is 5.97 Å². The maximum absolute atomic E-state index is 14.1. The number of carbonyl (C=O) groups excluding carboxylic acids is 1. The monoisotopic (exact) mass is 561 g/mol. The number of nitrogens with zero attached hydrogens (tertiary/aromatic N) is 3. The van der Waals surface area contributed by atoms with E-state index in [9.17, 15) is 9.59 Å². The highest BCUT2D eigenvalue weighted by Crippen LogP contribution is 2.38. The number of methoxy groups -OCH3 is 2. The average Bonchev–Trinajstić information content (AvgIpc) is 3.57. The SMILES string of the molecule is COc1ccc(OC)c([C@@H]2C(C(=O)OC(C)C)=C(C)N=c3s/c(=C\c4ccc(N5CCCC5)cc4C)c(=O)n32)c1. The molecule has 0 aliphatic carbocycles. The maximum atomic E-state index is 14.1. The highest BCUT2D eigenvalue weighted by atomic mass is 32.1. The first-order valence-electron chi connectivity index (χ1n) is 13.5. The lowest BCUT2D eigenvalue weighted by Crippen LogP contribution is -2.40. The average molecular weight is 562 g/mol. The fourth-order valence-electron chi connectivity index (χ4n) is 5.34. The summed E-state index contributed by atoms with van der Waals surface area (Å²) in [6, 6.07) is 10.9. The second kappa shape index (κ2) is 11.3. The number of aryl methyl sites for hydroxylation is 1. The van der Waals surface area contributed by atoms with Gasteiger partial charge in [0.25, 0.3) is 5.56 Å². The van der Waals surface area contributed by atoms with Crippen LogP contribution in [0.15, 0.2) is 57.5 Å². The number of esters is 1. The number of aromatic nitrogens is 1. The first-order valence-corrected chi connectivity index (χ1v) is 14.3. The standard InChI is InChI=1S/C31H35N3O5S/c1-18(2)39-30(36)27-20(4)32-31-34(28(27)24-17-23(37-5)11-12-25(24)38-6)29(35)26(40-31)16-21-9-10-22(15-19(21)3)33-13-7-8-14-33/h9-12,15-18,28H,7-8,13-14H2,1-6H3/b26-16-/t28-/m1/s1. The van der Waals surface area contributed by atoms with Gasteiger partial charge in [0.15, 0.2) is 4.80 Å². The second-order valence-corrected chi connectivity index (χ2v) is 11.4. The van der Waals surface area contributed by atoms with Crippen molar-refractivity contribution in [2.45, 2.75) is 52.7 Å². The smallest absolute Gasteiger partial charge is 0.338 e. The van der Waals surface area contributed by atoms with Crippen molar-refractivity contribution >= 4 is 29.1 Å². The minimum atomic E-state index is -0.798. The Balaban J connectivity index is 1.68. The van der Waals surface area contributed by atoms with Crippen molar-refractivity contribution in [1.82, 2.24) is 4.57 Å². The number of benzene rings is 2. The molecule has 0 spiro atoms. The maximum Gasteiger partial charge on any atom is 0.338 e. The lowest BCUT2D eigenvalue weighted by molar-refractivity contribution is -0.143. The van der Waals surface area contributed by atoms with Crippen LogP contribution >= 0.6 is 11.3 Å². The van der Waals surface area contributed by atoms with Crippen LogP contribution in [0.25, 0.3) is 6.08 Å². The van der Waals surface area contributed by atoms with Crippen molar-refractivity contribution in [2.75, 3.05) is 32.2 Å². The van der Waals surface area contributed by atoms with Gasteiger partial charge in [0.05, 0.1) is 36.1 Å². The molecule has 0 unspecified atom stereocenters. The Morgan fingerprint density at radius 2 is 1.82 bits per heavy atom. The fourth-order valence-corrected chi connectivity index (χ4v) is 6.38. The van der Waals surface area contributed by atoms with E-state index in [1.807, 2.05) is 6.08 Å². The topological polar surface area (TPSA) is 82.4 Å². The molecule has 0 radical (unpaired) electrons. The molecular formula is C31H35N3O5S. The Hall–Kier alpha value is -3.85. The quantitative estimate of drug-likeness (QED) is 0.404. The molecule has 0 N–H and O–H groups in total. The highest BCUT2D eigenvalue weighted by molar-refractivity contribution is 7.07. The molecule has 1 atom stereocenters. The van der Waals surface area contributed by atoms with Gasteiger partial charge in [-0.1, -0.05) is 17.4 Å². The summed E-state index contributed by atoms with van der Waals surface area (Å²) in [6.07, 6.45) is 4.01. The largest absolute Gasteiger partial charge is 0.497 e.